The molecular formula is C15H19F2N3O3. The maximum absolute atomic E-state index is 13.3. The summed E-state index contributed by atoms with van der Waals surface area (Å²) in [5.41, 5.74) is 0. The van der Waals surface area contributed by atoms with Crippen LogP contribution in [0.2, 0.25) is 0 Å². The van der Waals surface area contributed by atoms with Crippen molar-refractivity contribution in [3.05, 3.63) is 29.8 Å². The van der Waals surface area contributed by atoms with Gasteiger partial charge in [0, 0.05) is 12.6 Å². The summed E-state index contributed by atoms with van der Waals surface area (Å²) in [6, 6.07) is 1.95. The summed E-state index contributed by atoms with van der Waals surface area (Å²) >= 11 is 0. The molecule has 0 saturated carbocycles. The van der Waals surface area contributed by atoms with Gasteiger partial charge in [-0.1, -0.05) is 0 Å². The third kappa shape index (κ3) is 5.39. The first-order valence-electron chi connectivity index (χ1n) is 7.46. The van der Waals surface area contributed by atoms with Gasteiger partial charge in [0.2, 0.25) is 5.91 Å². The van der Waals surface area contributed by atoms with E-state index >= 15 is 0 Å². The highest BCUT2D eigenvalue weighted by molar-refractivity contribution is 5.87. The second-order valence-electron chi connectivity index (χ2n) is 5.16. The molecule has 0 radical (unpaired) electrons. The molecule has 23 heavy (non-hydrogen) atoms. The van der Waals surface area contributed by atoms with Crippen LogP contribution < -0.4 is 20.7 Å². The zero-order valence-corrected chi connectivity index (χ0v) is 12.5. The van der Waals surface area contributed by atoms with Gasteiger partial charge in [-0.25, -0.2) is 13.6 Å². The van der Waals surface area contributed by atoms with Gasteiger partial charge in [0.1, 0.15) is 18.5 Å². The maximum Gasteiger partial charge on any atom is 0.315 e. The predicted octanol–water partition coefficient (Wildman–Crippen LogP) is 1.31. The fraction of sp³-hybridized carbons (Fsp3) is 0.467. The molecule has 1 atom stereocenters. The lowest BCUT2D eigenvalue weighted by atomic mass is 10.1. The van der Waals surface area contributed by atoms with Crippen molar-refractivity contribution in [2.24, 2.45) is 0 Å². The lowest BCUT2D eigenvalue weighted by Gasteiger charge is -2.16. The van der Waals surface area contributed by atoms with Crippen LogP contribution in [0.1, 0.15) is 19.3 Å². The Balaban J connectivity index is 1.69. The molecule has 0 bridgehead atoms. The topological polar surface area (TPSA) is 79.5 Å². The van der Waals surface area contributed by atoms with E-state index in [-0.39, 0.29) is 24.8 Å². The van der Waals surface area contributed by atoms with Crippen molar-refractivity contribution in [1.29, 1.82) is 0 Å². The van der Waals surface area contributed by atoms with Gasteiger partial charge in [0.15, 0.2) is 11.6 Å². The van der Waals surface area contributed by atoms with Crippen molar-refractivity contribution >= 4 is 11.9 Å². The Labute approximate surface area is 132 Å². The second-order valence-corrected chi connectivity index (χ2v) is 5.16. The van der Waals surface area contributed by atoms with Gasteiger partial charge < -0.3 is 20.7 Å². The minimum absolute atomic E-state index is 0.0207. The van der Waals surface area contributed by atoms with E-state index in [1.807, 2.05) is 0 Å². The summed E-state index contributed by atoms with van der Waals surface area (Å²) in [6.45, 7) is 0.763. The number of carbonyl (C=O) groups is 2. The zero-order valence-electron chi connectivity index (χ0n) is 12.5. The highest BCUT2D eigenvalue weighted by atomic mass is 19.1. The Hall–Kier alpha value is -2.38. The summed E-state index contributed by atoms with van der Waals surface area (Å²) < 4.78 is 31.2. The Morgan fingerprint density at radius 3 is 2.96 bits per heavy atom. The molecule has 0 aliphatic carbocycles. The van der Waals surface area contributed by atoms with Crippen molar-refractivity contribution in [2.75, 3.05) is 19.7 Å². The number of urea groups is 1. The fourth-order valence-corrected chi connectivity index (χ4v) is 2.20. The summed E-state index contributed by atoms with van der Waals surface area (Å²) in [5.74, 6) is -1.77. The van der Waals surface area contributed by atoms with Gasteiger partial charge in [-0.05, 0) is 31.4 Å². The summed E-state index contributed by atoms with van der Waals surface area (Å²) in [6.07, 6.45) is 2.34. The lowest BCUT2D eigenvalue weighted by molar-refractivity contribution is -0.122. The van der Waals surface area contributed by atoms with E-state index in [0.717, 1.165) is 25.0 Å². The van der Waals surface area contributed by atoms with E-state index < -0.39 is 23.7 Å². The van der Waals surface area contributed by atoms with E-state index in [0.29, 0.717) is 13.0 Å². The maximum atomic E-state index is 13.3. The van der Waals surface area contributed by atoms with Crippen LogP contribution in [0.15, 0.2) is 18.2 Å². The first kappa shape index (κ1) is 17.0. The van der Waals surface area contributed by atoms with Crippen molar-refractivity contribution in [1.82, 2.24) is 16.0 Å². The average Bonchev–Trinajstić information content (AvgIpc) is 2.70. The molecular weight excluding hydrogens is 308 g/mol. The second kappa shape index (κ2) is 8.30. The summed E-state index contributed by atoms with van der Waals surface area (Å²) in [7, 11) is 0. The molecule has 3 N–H and O–H groups in total. The Morgan fingerprint density at radius 2 is 2.17 bits per heavy atom. The molecule has 1 aliphatic rings. The molecule has 1 aliphatic heterocycles. The molecule has 1 aromatic rings. The zero-order chi connectivity index (χ0) is 16.7. The van der Waals surface area contributed by atoms with Crippen LogP contribution in [0, 0.1) is 11.6 Å². The number of benzene rings is 1. The summed E-state index contributed by atoms with van der Waals surface area (Å²) in [4.78, 5) is 23.4. The highest BCUT2D eigenvalue weighted by Gasteiger charge is 2.21. The van der Waals surface area contributed by atoms with Crippen LogP contribution in [0.25, 0.3) is 0 Å². The Morgan fingerprint density at radius 1 is 1.35 bits per heavy atom. The van der Waals surface area contributed by atoms with E-state index in [2.05, 4.69) is 16.0 Å². The molecule has 126 valence electrons. The number of hydrogen-bond acceptors (Lipinski definition) is 3. The molecule has 0 aromatic heterocycles. The van der Waals surface area contributed by atoms with Crippen LogP contribution in [0.3, 0.4) is 0 Å². The predicted molar refractivity (Wildman–Crippen MR) is 79.0 cm³/mol. The van der Waals surface area contributed by atoms with Crippen LogP contribution in [-0.2, 0) is 4.79 Å². The molecule has 8 heteroatoms. The SMILES string of the molecule is O=C(NCCOc1ccc(F)cc1F)NC1CCCCNC1=O. The van der Waals surface area contributed by atoms with E-state index in [1.165, 1.54) is 6.07 Å². The minimum atomic E-state index is -0.801. The molecule has 2 rings (SSSR count). The van der Waals surface area contributed by atoms with Gasteiger partial charge in [0.05, 0.1) is 6.54 Å². The number of hydrogen-bond donors (Lipinski definition) is 3. The fourth-order valence-electron chi connectivity index (χ4n) is 2.20. The highest BCUT2D eigenvalue weighted by Crippen LogP contribution is 2.17. The van der Waals surface area contributed by atoms with Gasteiger partial charge in [-0.3, -0.25) is 4.79 Å². The minimum Gasteiger partial charge on any atom is -0.489 e. The van der Waals surface area contributed by atoms with Crippen molar-refractivity contribution < 1.29 is 23.1 Å². The number of amides is 3. The molecule has 1 fully saturated rings. The van der Waals surface area contributed by atoms with Crippen molar-refractivity contribution in [3.8, 4) is 5.75 Å². The van der Waals surface area contributed by atoms with Gasteiger partial charge in [-0.15, -0.1) is 0 Å². The molecule has 1 saturated heterocycles. The normalized spacial score (nSPS) is 17.8. The van der Waals surface area contributed by atoms with Gasteiger partial charge in [-0.2, -0.15) is 0 Å². The molecule has 1 unspecified atom stereocenters. The number of ether oxygens (including phenoxy) is 1. The monoisotopic (exact) mass is 327 g/mol. The van der Waals surface area contributed by atoms with E-state index in [1.54, 1.807) is 0 Å². The van der Waals surface area contributed by atoms with Gasteiger partial charge in [0.25, 0.3) is 0 Å². The van der Waals surface area contributed by atoms with Crippen molar-refractivity contribution in [3.63, 3.8) is 0 Å². The Kier molecular flexibility index (Phi) is 6.13. The summed E-state index contributed by atoms with van der Waals surface area (Å²) in [5, 5.41) is 7.83. The van der Waals surface area contributed by atoms with E-state index in [4.69, 9.17) is 4.74 Å². The molecule has 3 amide bonds. The molecule has 1 heterocycles. The number of nitrogens with one attached hydrogen (secondary N) is 3. The third-order valence-corrected chi connectivity index (χ3v) is 3.38. The standard InChI is InChI=1S/C15H19F2N3O3/c16-10-4-5-13(11(17)9-10)23-8-7-19-15(22)20-12-3-1-2-6-18-14(12)21/h4-5,9,12H,1-3,6-8H2,(H,18,21)(H2,19,20,22). The molecule has 0 spiro atoms. The molecule has 1 aromatic carbocycles. The van der Waals surface area contributed by atoms with Crippen LogP contribution >= 0.6 is 0 Å². The Bertz CT molecular complexity index is 569. The lowest BCUT2D eigenvalue weighted by Crippen LogP contribution is -2.49. The quantitative estimate of drug-likeness (QED) is 0.714. The number of rotatable bonds is 5. The smallest absolute Gasteiger partial charge is 0.315 e. The van der Waals surface area contributed by atoms with E-state index in [9.17, 15) is 18.4 Å². The van der Waals surface area contributed by atoms with Gasteiger partial charge >= 0.3 is 6.03 Å². The van der Waals surface area contributed by atoms with Crippen LogP contribution in [0.4, 0.5) is 13.6 Å². The number of halogens is 2. The first-order chi connectivity index (χ1) is 11.1. The first-order valence-corrected chi connectivity index (χ1v) is 7.46. The van der Waals surface area contributed by atoms with Crippen LogP contribution in [0.5, 0.6) is 5.75 Å². The number of carbonyl (C=O) groups excluding carboxylic acids is 2. The largest absolute Gasteiger partial charge is 0.489 e. The van der Waals surface area contributed by atoms with Crippen molar-refractivity contribution in [2.45, 2.75) is 25.3 Å². The third-order valence-electron chi connectivity index (χ3n) is 3.38. The molecule has 6 nitrogen and oxygen atoms in total. The van der Waals surface area contributed by atoms with Crippen LogP contribution in [-0.4, -0.2) is 37.7 Å². The average molecular weight is 327 g/mol.